The molecule has 1 rings (SSSR count). The Morgan fingerprint density at radius 1 is 1.71 bits per heavy atom. The van der Waals surface area contributed by atoms with Gasteiger partial charge >= 0.3 is 0 Å². The highest BCUT2D eigenvalue weighted by Gasteiger charge is 2.18. The van der Waals surface area contributed by atoms with E-state index in [-0.39, 0.29) is 5.91 Å². The number of amides is 1. The van der Waals surface area contributed by atoms with Crippen LogP contribution in [0.3, 0.4) is 0 Å². The minimum atomic E-state index is -0.392. The molecule has 0 aliphatic carbocycles. The monoisotopic (exact) mass is 199 g/mol. The van der Waals surface area contributed by atoms with Crippen molar-refractivity contribution in [2.75, 3.05) is 26.7 Å². The Labute approximate surface area is 85.8 Å². The van der Waals surface area contributed by atoms with Crippen molar-refractivity contribution < 1.29 is 4.79 Å². The zero-order chi connectivity index (χ0) is 10.6. The van der Waals surface area contributed by atoms with Crippen molar-refractivity contribution in [1.29, 1.82) is 0 Å². The van der Waals surface area contributed by atoms with Gasteiger partial charge in [0.05, 0.1) is 6.04 Å². The standard InChI is InChI=1S/C10H21N3O/c1-8(11)10(14)12-6-9-4-3-5-13(2)7-9/h8-9H,3-7,11H2,1-2H3,(H,12,14). The molecule has 0 saturated carbocycles. The molecule has 1 aliphatic heterocycles. The Balaban J connectivity index is 2.20. The molecular formula is C10H21N3O. The lowest BCUT2D eigenvalue weighted by atomic mass is 9.98. The van der Waals surface area contributed by atoms with E-state index < -0.39 is 6.04 Å². The number of hydrogen-bond acceptors (Lipinski definition) is 3. The van der Waals surface area contributed by atoms with Crippen LogP contribution in [0.5, 0.6) is 0 Å². The van der Waals surface area contributed by atoms with E-state index in [4.69, 9.17) is 5.73 Å². The molecule has 2 unspecified atom stereocenters. The molecule has 0 aromatic heterocycles. The molecule has 0 aromatic carbocycles. The second-order valence-corrected chi connectivity index (χ2v) is 4.30. The van der Waals surface area contributed by atoms with E-state index in [2.05, 4.69) is 17.3 Å². The molecule has 1 heterocycles. The number of carbonyl (C=O) groups is 1. The average molecular weight is 199 g/mol. The van der Waals surface area contributed by atoms with Crippen molar-refractivity contribution >= 4 is 5.91 Å². The maximum Gasteiger partial charge on any atom is 0.236 e. The minimum absolute atomic E-state index is 0.0433. The number of hydrogen-bond donors (Lipinski definition) is 2. The Morgan fingerprint density at radius 3 is 3.00 bits per heavy atom. The van der Waals surface area contributed by atoms with Gasteiger partial charge in [-0.15, -0.1) is 0 Å². The highest BCUT2D eigenvalue weighted by molar-refractivity contribution is 5.80. The van der Waals surface area contributed by atoms with Crippen LogP contribution < -0.4 is 11.1 Å². The van der Waals surface area contributed by atoms with Crippen molar-refractivity contribution in [2.45, 2.75) is 25.8 Å². The third-order valence-electron chi connectivity index (χ3n) is 2.70. The van der Waals surface area contributed by atoms with Crippen LogP contribution in [0.1, 0.15) is 19.8 Å². The lowest BCUT2D eigenvalue weighted by Gasteiger charge is -2.29. The highest BCUT2D eigenvalue weighted by Crippen LogP contribution is 2.13. The summed E-state index contributed by atoms with van der Waals surface area (Å²) >= 11 is 0. The third kappa shape index (κ3) is 3.64. The molecule has 0 bridgehead atoms. The Hall–Kier alpha value is -0.610. The van der Waals surface area contributed by atoms with Gasteiger partial charge < -0.3 is 16.0 Å². The zero-order valence-electron chi connectivity index (χ0n) is 9.12. The largest absolute Gasteiger partial charge is 0.354 e. The quantitative estimate of drug-likeness (QED) is 0.661. The van der Waals surface area contributed by atoms with E-state index >= 15 is 0 Å². The summed E-state index contributed by atoms with van der Waals surface area (Å²) < 4.78 is 0. The summed E-state index contributed by atoms with van der Waals surface area (Å²) in [5.74, 6) is 0.551. The van der Waals surface area contributed by atoms with Gasteiger partial charge in [0.25, 0.3) is 0 Å². The van der Waals surface area contributed by atoms with Gasteiger partial charge in [0.15, 0.2) is 0 Å². The smallest absolute Gasteiger partial charge is 0.236 e. The number of piperidine rings is 1. The molecule has 1 fully saturated rings. The van der Waals surface area contributed by atoms with E-state index in [9.17, 15) is 4.79 Å². The molecule has 0 spiro atoms. The van der Waals surface area contributed by atoms with Crippen molar-refractivity contribution in [3.63, 3.8) is 0 Å². The van der Waals surface area contributed by atoms with E-state index in [0.29, 0.717) is 5.92 Å². The number of rotatable bonds is 3. The number of nitrogens with two attached hydrogens (primary N) is 1. The van der Waals surface area contributed by atoms with Gasteiger partial charge in [-0.2, -0.15) is 0 Å². The first kappa shape index (κ1) is 11.5. The van der Waals surface area contributed by atoms with Crippen LogP contribution in [0.2, 0.25) is 0 Å². The van der Waals surface area contributed by atoms with Gasteiger partial charge in [-0.25, -0.2) is 0 Å². The first-order chi connectivity index (χ1) is 6.59. The maximum atomic E-state index is 11.2. The molecule has 1 aliphatic rings. The van der Waals surface area contributed by atoms with Crippen LogP contribution in [0.25, 0.3) is 0 Å². The molecule has 1 saturated heterocycles. The third-order valence-corrected chi connectivity index (χ3v) is 2.70. The number of nitrogens with one attached hydrogen (secondary N) is 1. The van der Waals surface area contributed by atoms with E-state index in [1.165, 1.54) is 19.4 Å². The zero-order valence-corrected chi connectivity index (χ0v) is 9.12. The predicted octanol–water partition coefficient (Wildman–Crippen LogP) is -0.208. The SMILES string of the molecule is CC(N)C(=O)NCC1CCCN(C)C1. The predicted molar refractivity (Wildman–Crippen MR) is 56.9 cm³/mol. The number of nitrogens with zero attached hydrogens (tertiary/aromatic N) is 1. The minimum Gasteiger partial charge on any atom is -0.354 e. The van der Waals surface area contributed by atoms with Crippen LogP contribution in [-0.4, -0.2) is 43.5 Å². The normalized spacial score (nSPS) is 25.8. The van der Waals surface area contributed by atoms with Gasteiger partial charge in [0, 0.05) is 13.1 Å². The molecule has 0 aromatic rings. The number of carbonyl (C=O) groups excluding carboxylic acids is 1. The van der Waals surface area contributed by atoms with Crippen LogP contribution in [-0.2, 0) is 4.79 Å². The summed E-state index contributed by atoms with van der Waals surface area (Å²) in [6, 6.07) is -0.392. The van der Waals surface area contributed by atoms with Gasteiger partial charge in [-0.05, 0) is 39.3 Å². The van der Waals surface area contributed by atoms with Gasteiger partial charge in [0.1, 0.15) is 0 Å². The van der Waals surface area contributed by atoms with Crippen LogP contribution >= 0.6 is 0 Å². The summed E-state index contributed by atoms with van der Waals surface area (Å²) in [5.41, 5.74) is 5.46. The van der Waals surface area contributed by atoms with Crippen molar-refractivity contribution in [2.24, 2.45) is 11.7 Å². The van der Waals surface area contributed by atoms with Crippen LogP contribution in [0.15, 0.2) is 0 Å². The molecule has 4 heteroatoms. The molecular weight excluding hydrogens is 178 g/mol. The second kappa shape index (κ2) is 5.32. The average Bonchev–Trinajstić information content (AvgIpc) is 2.14. The molecule has 3 N–H and O–H groups in total. The number of likely N-dealkylation sites (tertiary alicyclic amines) is 1. The van der Waals surface area contributed by atoms with Crippen molar-refractivity contribution in [3.05, 3.63) is 0 Å². The van der Waals surface area contributed by atoms with E-state index in [1.807, 2.05) is 0 Å². The summed E-state index contributed by atoms with van der Waals surface area (Å²) in [6.07, 6.45) is 2.44. The first-order valence-electron chi connectivity index (χ1n) is 5.31. The van der Waals surface area contributed by atoms with Gasteiger partial charge in [-0.3, -0.25) is 4.79 Å². The summed E-state index contributed by atoms with van der Waals surface area (Å²) in [7, 11) is 2.12. The van der Waals surface area contributed by atoms with Crippen molar-refractivity contribution in [3.8, 4) is 0 Å². The second-order valence-electron chi connectivity index (χ2n) is 4.30. The molecule has 4 nitrogen and oxygen atoms in total. The lowest BCUT2D eigenvalue weighted by Crippen LogP contribution is -2.43. The highest BCUT2D eigenvalue weighted by atomic mass is 16.2. The lowest BCUT2D eigenvalue weighted by molar-refractivity contribution is -0.122. The van der Waals surface area contributed by atoms with Crippen LogP contribution in [0.4, 0.5) is 0 Å². The Bertz CT molecular complexity index is 194. The first-order valence-corrected chi connectivity index (χ1v) is 5.31. The van der Waals surface area contributed by atoms with Crippen LogP contribution in [0, 0.1) is 5.92 Å². The van der Waals surface area contributed by atoms with E-state index in [0.717, 1.165) is 13.1 Å². The van der Waals surface area contributed by atoms with Gasteiger partial charge in [-0.1, -0.05) is 0 Å². The Morgan fingerprint density at radius 2 is 2.43 bits per heavy atom. The molecule has 82 valence electrons. The molecule has 1 amide bonds. The maximum absolute atomic E-state index is 11.2. The fraction of sp³-hybridized carbons (Fsp3) is 0.900. The fourth-order valence-corrected chi connectivity index (χ4v) is 1.85. The Kier molecular flexibility index (Phi) is 4.35. The summed E-state index contributed by atoms with van der Waals surface area (Å²) in [4.78, 5) is 13.5. The fourth-order valence-electron chi connectivity index (χ4n) is 1.85. The molecule has 0 radical (unpaired) electrons. The molecule has 2 atom stereocenters. The summed E-state index contributed by atoms with van der Waals surface area (Å²) in [5, 5.41) is 2.88. The van der Waals surface area contributed by atoms with Crippen molar-refractivity contribution in [1.82, 2.24) is 10.2 Å². The molecule has 14 heavy (non-hydrogen) atoms. The topological polar surface area (TPSA) is 58.4 Å². The van der Waals surface area contributed by atoms with E-state index in [1.54, 1.807) is 6.92 Å². The summed E-state index contributed by atoms with van der Waals surface area (Å²) in [6.45, 7) is 4.74. The van der Waals surface area contributed by atoms with Gasteiger partial charge in [0.2, 0.25) is 5.91 Å².